The molecule has 2 aliphatic rings. The number of amides is 1. The summed E-state index contributed by atoms with van der Waals surface area (Å²) in [6, 6.07) is 18.3. The number of rotatable bonds is 5. The van der Waals surface area contributed by atoms with Crippen molar-refractivity contribution in [1.29, 1.82) is 0 Å². The van der Waals surface area contributed by atoms with E-state index in [1.54, 1.807) is 7.11 Å². The lowest BCUT2D eigenvalue weighted by Crippen LogP contribution is -2.44. The molecule has 2 aliphatic heterocycles. The topological polar surface area (TPSA) is 45.1 Å². The number of nitrogens with zero attached hydrogens (tertiary/aromatic N) is 3. The van der Waals surface area contributed by atoms with Crippen LogP contribution in [0, 0.1) is 0 Å². The molecule has 2 fully saturated rings. The van der Waals surface area contributed by atoms with E-state index in [-0.39, 0.29) is 11.9 Å². The second kappa shape index (κ2) is 9.23. The zero-order chi connectivity index (χ0) is 20.1. The third-order valence-electron chi connectivity index (χ3n) is 5.90. The molecule has 0 N–H and O–H groups in total. The molecule has 0 saturated carbocycles. The first-order valence-electron chi connectivity index (χ1n) is 10.5. The molecule has 29 heavy (non-hydrogen) atoms. The number of piperidine rings is 1. The summed E-state index contributed by atoms with van der Waals surface area (Å²) in [6.45, 7) is 3.71. The summed E-state index contributed by atoms with van der Waals surface area (Å²) < 4.78 is 0. The van der Waals surface area contributed by atoms with Crippen LogP contribution in [-0.4, -0.2) is 60.7 Å². The van der Waals surface area contributed by atoms with E-state index in [0.29, 0.717) is 6.54 Å². The Labute approximate surface area is 173 Å². The highest BCUT2D eigenvalue weighted by Crippen LogP contribution is 2.24. The SMILES string of the molecule is CO/N=C1/C[C@@H](CN2CCCCC2)N(C(=O)c2ccc(-c3ccccc3)cc2)C1. The largest absolute Gasteiger partial charge is 0.399 e. The second-order valence-electron chi connectivity index (χ2n) is 7.94. The monoisotopic (exact) mass is 391 g/mol. The van der Waals surface area contributed by atoms with Crippen LogP contribution in [-0.2, 0) is 4.84 Å². The molecule has 5 nitrogen and oxygen atoms in total. The number of carbonyl (C=O) groups is 1. The molecular weight excluding hydrogens is 362 g/mol. The van der Waals surface area contributed by atoms with Gasteiger partial charge in [-0.25, -0.2) is 0 Å². The number of likely N-dealkylation sites (tertiary alicyclic amines) is 2. The molecule has 0 bridgehead atoms. The van der Waals surface area contributed by atoms with Crippen molar-refractivity contribution >= 4 is 11.6 Å². The maximum atomic E-state index is 13.3. The molecule has 0 unspecified atom stereocenters. The summed E-state index contributed by atoms with van der Waals surface area (Å²) in [4.78, 5) is 22.8. The smallest absolute Gasteiger partial charge is 0.254 e. The second-order valence-corrected chi connectivity index (χ2v) is 7.94. The van der Waals surface area contributed by atoms with E-state index in [4.69, 9.17) is 4.84 Å². The van der Waals surface area contributed by atoms with Gasteiger partial charge < -0.3 is 14.6 Å². The van der Waals surface area contributed by atoms with E-state index >= 15 is 0 Å². The molecule has 2 aromatic carbocycles. The van der Waals surface area contributed by atoms with Crippen LogP contribution < -0.4 is 0 Å². The molecule has 2 saturated heterocycles. The molecule has 0 radical (unpaired) electrons. The van der Waals surface area contributed by atoms with Crippen LogP contribution in [0.3, 0.4) is 0 Å². The summed E-state index contributed by atoms with van der Waals surface area (Å²) in [7, 11) is 1.57. The summed E-state index contributed by atoms with van der Waals surface area (Å²) in [5, 5.41) is 4.15. The zero-order valence-electron chi connectivity index (χ0n) is 17.1. The summed E-state index contributed by atoms with van der Waals surface area (Å²) in [5.74, 6) is 0.0768. The third-order valence-corrected chi connectivity index (χ3v) is 5.90. The van der Waals surface area contributed by atoms with Crippen molar-refractivity contribution in [2.75, 3.05) is 33.3 Å². The van der Waals surface area contributed by atoms with Gasteiger partial charge in [0, 0.05) is 18.5 Å². The summed E-state index contributed by atoms with van der Waals surface area (Å²) in [6.07, 6.45) is 4.60. The van der Waals surface area contributed by atoms with Crippen LogP contribution >= 0.6 is 0 Å². The van der Waals surface area contributed by atoms with E-state index in [0.717, 1.165) is 48.5 Å². The average Bonchev–Trinajstić information content (AvgIpc) is 3.17. The van der Waals surface area contributed by atoms with Crippen molar-refractivity contribution in [1.82, 2.24) is 9.80 Å². The van der Waals surface area contributed by atoms with Crippen molar-refractivity contribution in [3.63, 3.8) is 0 Å². The molecule has 0 spiro atoms. The molecular formula is C24H29N3O2. The fourth-order valence-electron chi connectivity index (χ4n) is 4.41. The lowest BCUT2D eigenvalue weighted by atomic mass is 10.0. The maximum Gasteiger partial charge on any atom is 0.254 e. The third kappa shape index (κ3) is 4.67. The minimum atomic E-state index is 0.0768. The minimum absolute atomic E-state index is 0.0768. The van der Waals surface area contributed by atoms with Crippen LogP contribution in [0.4, 0.5) is 0 Å². The lowest BCUT2D eigenvalue weighted by Gasteiger charge is -2.32. The molecule has 0 aliphatic carbocycles. The molecule has 0 aromatic heterocycles. The van der Waals surface area contributed by atoms with Crippen molar-refractivity contribution < 1.29 is 9.63 Å². The van der Waals surface area contributed by atoms with Gasteiger partial charge >= 0.3 is 0 Å². The Bertz CT molecular complexity index is 842. The molecule has 1 atom stereocenters. The highest BCUT2D eigenvalue weighted by atomic mass is 16.6. The number of oxime groups is 1. The van der Waals surface area contributed by atoms with Gasteiger partial charge in [0.15, 0.2) is 0 Å². The van der Waals surface area contributed by atoms with E-state index in [1.165, 1.54) is 19.3 Å². The quantitative estimate of drug-likeness (QED) is 0.722. The predicted octanol–water partition coefficient (Wildman–Crippen LogP) is 4.06. The Balaban J connectivity index is 1.50. The summed E-state index contributed by atoms with van der Waals surface area (Å²) >= 11 is 0. The van der Waals surface area contributed by atoms with E-state index < -0.39 is 0 Å². The Morgan fingerprint density at radius 2 is 1.69 bits per heavy atom. The van der Waals surface area contributed by atoms with Gasteiger partial charge in [-0.05, 0) is 49.2 Å². The van der Waals surface area contributed by atoms with Crippen molar-refractivity contribution in [2.45, 2.75) is 31.7 Å². The van der Waals surface area contributed by atoms with Gasteiger partial charge in [-0.2, -0.15) is 0 Å². The number of carbonyl (C=O) groups excluding carboxylic acids is 1. The molecule has 2 heterocycles. The first-order valence-corrected chi connectivity index (χ1v) is 10.5. The maximum absolute atomic E-state index is 13.3. The number of benzene rings is 2. The molecule has 4 rings (SSSR count). The average molecular weight is 392 g/mol. The van der Waals surface area contributed by atoms with Gasteiger partial charge in [-0.3, -0.25) is 4.79 Å². The van der Waals surface area contributed by atoms with E-state index in [2.05, 4.69) is 22.2 Å². The normalized spacial score (nSPS) is 21.5. The Hall–Kier alpha value is -2.66. The van der Waals surface area contributed by atoms with Crippen molar-refractivity contribution in [2.24, 2.45) is 5.16 Å². The number of hydrogen-bond acceptors (Lipinski definition) is 4. The predicted molar refractivity (Wildman–Crippen MR) is 116 cm³/mol. The first-order chi connectivity index (χ1) is 14.2. The first kappa shape index (κ1) is 19.6. The Kier molecular flexibility index (Phi) is 6.25. The zero-order valence-corrected chi connectivity index (χ0v) is 17.1. The van der Waals surface area contributed by atoms with Crippen LogP contribution in [0.15, 0.2) is 59.8 Å². The highest BCUT2D eigenvalue weighted by molar-refractivity contribution is 6.00. The van der Waals surface area contributed by atoms with Crippen LogP contribution in [0.25, 0.3) is 11.1 Å². The van der Waals surface area contributed by atoms with Crippen molar-refractivity contribution in [3.8, 4) is 11.1 Å². The van der Waals surface area contributed by atoms with Gasteiger partial charge in [-0.15, -0.1) is 0 Å². The van der Waals surface area contributed by atoms with E-state index in [9.17, 15) is 4.79 Å². The van der Waals surface area contributed by atoms with Crippen LogP contribution in [0.2, 0.25) is 0 Å². The van der Waals surface area contributed by atoms with Gasteiger partial charge in [0.2, 0.25) is 0 Å². The fourth-order valence-corrected chi connectivity index (χ4v) is 4.41. The van der Waals surface area contributed by atoms with Gasteiger partial charge in [0.1, 0.15) is 7.11 Å². The lowest BCUT2D eigenvalue weighted by molar-refractivity contribution is 0.0693. The fraction of sp³-hybridized carbons (Fsp3) is 0.417. The minimum Gasteiger partial charge on any atom is -0.399 e. The Morgan fingerprint density at radius 3 is 2.38 bits per heavy atom. The highest BCUT2D eigenvalue weighted by Gasteiger charge is 2.35. The molecule has 152 valence electrons. The molecule has 5 heteroatoms. The van der Waals surface area contributed by atoms with E-state index in [1.807, 2.05) is 47.4 Å². The van der Waals surface area contributed by atoms with Gasteiger partial charge in [0.05, 0.1) is 18.3 Å². The van der Waals surface area contributed by atoms with Crippen LogP contribution in [0.1, 0.15) is 36.0 Å². The molecule has 1 amide bonds. The Morgan fingerprint density at radius 1 is 1.00 bits per heavy atom. The molecule has 2 aromatic rings. The van der Waals surface area contributed by atoms with Gasteiger partial charge in [0.25, 0.3) is 5.91 Å². The number of hydrogen-bond donors (Lipinski definition) is 0. The van der Waals surface area contributed by atoms with Crippen LogP contribution in [0.5, 0.6) is 0 Å². The summed E-state index contributed by atoms with van der Waals surface area (Å²) in [5.41, 5.74) is 3.95. The van der Waals surface area contributed by atoms with Gasteiger partial charge in [-0.1, -0.05) is 54.0 Å². The van der Waals surface area contributed by atoms with Crippen molar-refractivity contribution in [3.05, 3.63) is 60.2 Å². The standard InChI is InChI=1S/C24H29N3O2/c1-29-25-22-16-23(18-26-14-6-3-7-15-26)27(17-22)24(28)21-12-10-20(11-13-21)19-8-4-2-5-9-19/h2,4-5,8-13,23H,3,6-7,14-18H2,1H3/b25-22-/t23-/m0/s1.